The molecule has 2 aliphatic heterocycles. The monoisotopic (exact) mass is 476 g/mol. The molecule has 3 aromatic rings. The van der Waals surface area contributed by atoms with Crippen LogP contribution in [0.3, 0.4) is 0 Å². The van der Waals surface area contributed by atoms with Crippen molar-refractivity contribution in [3.63, 3.8) is 0 Å². The highest BCUT2D eigenvalue weighted by Crippen LogP contribution is 2.40. The molecule has 35 heavy (non-hydrogen) atoms. The first-order valence-corrected chi connectivity index (χ1v) is 12.2. The maximum atomic E-state index is 13.1. The van der Waals surface area contributed by atoms with Gasteiger partial charge in [-0.1, -0.05) is 0 Å². The van der Waals surface area contributed by atoms with Crippen LogP contribution in [0.4, 0.5) is 9.59 Å². The van der Waals surface area contributed by atoms with Gasteiger partial charge in [0.1, 0.15) is 11.2 Å². The van der Waals surface area contributed by atoms with Crippen LogP contribution >= 0.6 is 0 Å². The molecule has 8 heteroatoms. The Bertz CT molecular complexity index is 1310. The number of aromatic amines is 1. The number of carbonyl (C=O) groups excluding carboxylic acids is 1. The van der Waals surface area contributed by atoms with Gasteiger partial charge < -0.3 is 24.6 Å². The zero-order valence-electron chi connectivity index (χ0n) is 20.7. The summed E-state index contributed by atoms with van der Waals surface area (Å²) in [6.45, 7) is 9.12. The Morgan fingerprint density at radius 2 is 1.97 bits per heavy atom. The molecule has 0 unspecified atom stereocenters. The van der Waals surface area contributed by atoms with Crippen molar-refractivity contribution in [1.29, 1.82) is 0 Å². The zero-order chi connectivity index (χ0) is 24.9. The van der Waals surface area contributed by atoms with Crippen molar-refractivity contribution in [2.24, 2.45) is 0 Å². The number of pyridine rings is 1. The molecule has 184 valence electrons. The van der Waals surface area contributed by atoms with Crippen molar-refractivity contribution in [2.75, 3.05) is 13.1 Å². The van der Waals surface area contributed by atoms with E-state index in [1.54, 1.807) is 0 Å². The summed E-state index contributed by atoms with van der Waals surface area (Å²) in [5, 5.41) is 10.7. The Kier molecular flexibility index (Phi) is 5.69. The van der Waals surface area contributed by atoms with E-state index in [0.29, 0.717) is 26.1 Å². The van der Waals surface area contributed by atoms with Crippen LogP contribution in [-0.2, 0) is 17.7 Å². The third kappa shape index (κ3) is 4.45. The number of aryl methyl sites for hydroxylation is 1. The fraction of sp³-hybridized carbons (Fsp3) is 0.444. The second-order valence-corrected chi connectivity index (χ2v) is 10.6. The van der Waals surface area contributed by atoms with E-state index >= 15 is 0 Å². The standard InChI is InChI=1S/C27H32N4O4/c1-16-13-28-24-21(16)12-18(14-29-24)17-10-19-15-30(25(32)33)9-7-20(19)22(11-17)23-6-5-8-31(23)26(34)35-27(2,3)4/h10-14,23H,5-9,15H2,1-4H3,(H,28,29)(H,32,33)/t23-/m0/s1. The number of ether oxygens (including phenoxy) is 1. The van der Waals surface area contributed by atoms with Crippen LogP contribution in [0.1, 0.15) is 61.9 Å². The van der Waals surface area contributed by atoms with Gasteiger partial charge in [0.05, 0.1) is 6.04 Å². The number of fused-ring (bicyclic) bond motifs is 2. The summed E-state index contributed by atoms with van der Waals surface area (Å²) >= 11 is 0. The summed E-state index contributed by atoms with van der Waals surface area (Å²) < 4.78 is 5.72. The maximum absolute atomic E-state index is 13.1. The van der Waals surface area contributed by atoms with Crippen molar-refractivity contribution in [2.45, 2.75) is 65.1 Å². The topological polar surface area (TPSA) is 98.8 Å². The number of hydrogen-bond acceptors (Lipinski definition) is 4. The van der Waals surface area contributed by atoms with E-state index in [-0.39, 0.29) is 12.1 Å². The number of benzene rings is 1. The van der Waals surface area contributed by atoms with E-state index in [9.17, 15) is 14.7 Å². The highest BCUT2D eigenvalue weighted by molar-refractivity contribution is 5.84. The van der Waals surface area contributed by atoms with E-state index in [4.69, 9.17) is 4.74 Å². The molecule has 0 aliphatic carbocycles. The predicted molar refractivity (Wildman–Crippen MR) is 133 cm³/mol. The number of hydrogen-bond donors (Lipinski definition) is 2. The number of rotatable bonds is 2. The van der Waals surface area contributed by atoms with Crippen LogP contribution in [0.15, 0.2) is 30.6 Å². The first kappa shape index (κ1) is 23.2. The van der Waals surface area contributed by atoms with Gasteiger partial charge in [0.2, 0.25) is 0 Å². The molecule has 0 saturated carbocycles. The third-order valence-electron chi connectivity index (χ3n) is 6.95. The van der Waals surface area contributed by atoms with E-state index in [1.165, 1.54) is 4.90 Å². The molecular formula is C27H32N4O4. The first-order valence-electron chi connectivity index (χ1n) is 12.2. The van der Waals surface area contributed by atoms with Crippen molar-refractivity contribution < 1.29 is 19.4 Å². The lowest BCUT2D eigenvalue weighted by Gasteiger charge is -2.33. The normalized spacial score (nSPS) is 18.1. The first-order chi connectivity index (χ1) is 16.6. The van der Waals surface area contributed by atoms with Gasteiger partial charge in [-0.25, -0.2) is 14.6 Å². The molecule has 1 aromatic carbocycles. The van der Waals surface area contributed by atoms with Gasteiger partial charge in [0, 0.05) is 43.0 Å². The minimum atomic E-state index is -0.912. The van der Waals surface area contributed by atoms with Gasteiger partial charge in [0.15, 0.2) is 0 Å². The van der Waals surface area contributed by atoms with Gasteiger partial charge in [-0.05, 0) is 93.0 Å². The van der Waals surface area contributed by atoms with Gasteiger partial charge in [-0.3, -0.25) is 0 Å². The average molecular weight is 477 g/mol. The Morgan fingerprint density at radius 3 is 2.71 bits per heavy atom. The molecule has 5 rings (SSSR count). The number of carbonyl (C=O) groups is 2. The molecule has 0 spiro atoms. The van der Waals surface area contributed by atoms with Crippen molar-refractivity contribution in [3.8, 4) is 11.1 Å². The van der Waals surface area contributed by atoms with E-state index in [1.807, 2.05) is 45.0 Å². The van der Waals surface area contributed by atoms with Crippen LogP contribution < -0.4 is 0 Å². The number of aromatic nitrogens is 2. The van der Waals surface area contributed by atoms with Gasteiger partial charge in [0.25, 0.3) is 0 Å². The summed E-state index contributed by atoms with van der Waals surface area (Å²) in [7, 11) is 0. The number of nitrogens with zero attached hydrogens (tertiary/aromatic N) is 3. The largest absolute Gasteiger partial charge is 0.465 e. The molecule has 2 N–H and O–H groups in total. The number of H-pyrrole nitrogens is 1. The second kappa shape index (κ2) is 8.59. The molecule has 2 amide bonds. The molecule has 1 atom stereocenters. The molecule has 4 heterocycles. The molecule has 2 aliphatic rings. The summed E-state index contributed by atoms with van der Waals surface area (Å²) in [4.78, 5) is 35.9. The maximum Gasteiger partial charge on any atom is 0.410 e. The van der Waals surface area contributed by atoms with Crippen LogP contribution in [0, 0.1) is 6.92 Å². The number of likely N-dealkylation sites (tertiary alicyclic amines) is 1. The SMILES string of the molecule is Cc1c[nH]c2ncc(-c3cc4c(c([C@@H]5CCCN5C(=O)OC(C)(C)C)c3)CCN(C(=O)O)C4)cc12. The molecule has 1 fully saturated rings. The quantitative estimate of drug-likeness (QED) is 0.498. The molecular weight excluding hydrogens is 444 g/mol. The third-order valence-corrected chi connectivity index (χ3v) is 6.95. The zero-order valence-corrected chi connectivity index (χ0v) is 20.7. The smallest absolute Gasteiger partial charge is 0.410 e. The Labute approximate surface area is 204 Å². The number of carboxylic acid groups (broad SMARTS) is 1. The summed E-state index contributed by atoms with van der Waals surface area (Å²) in [5.74, 6) is 0. The molecule has 2 aromatic heterocycles. The van der Waals surface area contributed by atoms with Crippen LogP contribution in [0.5, 0.6) is 0 Å². The summed E-state index contributed by atoms with van der Waals surface area (Å²) in [6.07, 6.45) is 4.97. The lowest BCUT2D eigenvalue weighted by molar-refractivity contribution is 0.0223. The minimum Gasteiger partial charge on any atom is -0.465 e. The number of nitrogens with one attached hydrogen (secondary N) is 1. The van der Waals surface area contributed by atoms with Crippen molar-refractivity contribution in [1.82, 2.24) is 19.8 Å². The Morgan fingerprint density at radius 1 is 1.17 bits per heavy atom. The summed E-state index contributed by atoms with van der Waals surface area (Å²) in [5.41, 5.74) is 6.59. The minimum absolute atomic E-state index is 0.0967. The summed E-state index contributed by atoms with van der Waals surface area (Å²) in [6, 6.07) is 6.29. The number of amides is 2. The van der Waals surface area contributed by atoms with Crippen LogP contribution in [-0.4, -0.2) is 55.8 Å². The van der Waals surface area contributed by atoms with Crippen LogP contribution in [0.2, 0.25) is 0 Å². The Hall–Kier alpha value is -3.55. The van der Waals surface area contributed by atoms with Gasteiger partial charge in [-0.15, -0.1) is 0 Å². The van der Waals surface area contributed by atoms with Gasteiger partial charge in [-0.2, -0.15) is 0 Å². The molecule has 0 bridgehead atoms. The second-order valence-electron chi connectivity index (χ2n) is 10.6. The molecule has 0 radical (unpaired) electrons. The molecule has 1 saturated heterocycles. The Balaban J connectivity index is 1.60. The van der Waals surface area contributed by atoms with Crippen molar-refractivity contribution in [3.05, 3.63) is 52.8 Å². The van der Waals surface area contributed by atoms with Crippen molar-refractivity contribution >= 4 is 23.2 Å². The lowest BCUT2D eigenvalue weighted by atomic mass is 9.86. The van der Waals surface area contributed by atoms with Gasteiger partial charge >= 0.3 is 12.2 Å². The highest BCUT2D eigenvalue weighted by Gasteiger charge is 2.36. The fourth-order valence-electron chi connectivity index (χ4n) is 5.28. The average Bonchev–Trinajstić information content (AvgIpc) is 3.44. The van der Waals surface area contributed by atoms with E-state index in [0.717, 1.165) is 57.3 Å². The highest BCUT2D eigenvalue weighted by atomic mass is 16.6. The predicted octanol–water partition coefficient (Wildman–Crippen LogP) is 5.65. The fourth-order valence-corrected chi connectivity index (χ4v) is 5.28. The lowest BCUT2D eigenvalue weighted by Crippen LogP contribution is -2.38. The van der Waals surface area contributed by atoms with Crippen LogP contribution in [0.25, 0.3) is 22.2 Å². The van der Waals surface area contributed by atoms with E-state index < -0.39 is 11.7 Å². The molecule has 8 nitrogen and oxygen atoms in total. The van der Waals surface area contributed by atoms with E-state index in [2.05, 4.69) is 28.2 Å².